The fraction of sp³-hybridized carbons (Fsp3) is 1.00. The second-order valence-electron chi connectivity index (χ2n) is 6.73. The summed E-state index contributed by atoms with van der Waals surface area (Å²) in [6, 6.07) is 0. The van der Waals surface area contributed by atoms with Crippen molar-refractivity contribution in [3.8, 4) is 0 Å². The molecule has 0 amide bonds. The van der Waals surface area contributed by atoms with Crippen LogP contribution in [0.2, 0.25) is 0 Å². The van der Waals surface area contributed by atoms with Gasteiger partial charge in [-0.3, -0.25) is 0 Å². The SMILES string of the molecule is CCCNCC1CCN(CC(C)CN2CCCC2)C1. The summed E-state index contributed by atoms with van der Waals surface area (Å²) in [5.74, 6) is 1.73. The molecule has 112 valence electrons. The van der Waals surface area contributed by atoms with Gasteiger partial charge >= 0.3 is 0 Å². The van der Waals surface area contributed by atoms with Crippen LogP contribution in [0.25, 0.3) is 0 Å². The maximum atomic E-state index is 3.57. The van der Waals surface area contributed by atoms with Crippen LogP contribution in [0, 0.1) is 11.8 Å². The van der Waals surface area contributed by atoms with E-state index < -0.39 is 0 Å². The molecule has 0 saturated carbocycles. The van der Waals surface area contributed by atoms with Gasteiger partial charge in [0.2, 0.25) is 0 Å². The molecule has 0 aliphatic carbocycles. The molecule has 3 heteroatoms. The highest BCUT2D eigenvalue weighted by molar-refractivity contribution is 4.79. The highest BCUT2D eigenvalue weighted by atomic mass is 15.2. The minimum absolute atomic E-state index is 0.834. The molecule has 2 unspecified atom stereocenters. The Hall–Kier alpha value is -0.120. The molecule has 0 spiro atoms. The monoisotopic (exact) mass is 267 g/mol. The van der Waals surface area contributed by atoms with Gasteiger partial charge in [-0.15, -0.1) is 0 Å². The van der Waals surface area contributed by atoms with Crippen LogP contribution in [-0.4, -0.2) is 62.2 Å². The molecule has 1 N–H and O–H groups in total. The summed E-state index contributed by atoms with van der Waals surface area (Å²) >= 11 is 0. The van der Waals surface area contributed by atoms with E-state index in [1.807, 2.05) is 0 Å². The molecule has 0 aromatic heterocycles. The Bertz CT molecular complexity index is 238. The molecule has 0 bridgehead atoms. The van der Waals surface area contributed by atoms with Crippen molar-refractivity contribution < 1.29 is 0 Å². The van der Waals surface area contributed by atoms with E-state index in [0.717, 1.165) is 11.8 Å². The molecule has 2 saturated heterocycles. The predicted octanol–water partition coefficient (Wildman–Crippen LogP) is 2.04. The van der Waals surface area contributed by atoms with E-state index >= 15 is 0 Å². The summed E-state index contributed by atoms with van der Waals surface area (Å²) in [5.41, 5.74) is 0. The van der Waals surface area contributed by atoms with Crippen molar-refractivity contribution in [2.75, 3.05) is 52.4 Å². The zero-order valence-corrected chi connectivity index (χ0v) is 13.0. The molecule has 2 fully saturated rings. The molecule has 0 radical (unpaired) electrons. The van der Waals surface area contributed by atoms with E-state index in [1.165, 1.54) is 78.0 Å². The maximum Gasteiger partial charge on any atom is 0.00224 e. The zero-order chi connectivity index (χ0) is 13.5. The zero-order valence-electron chi connectivity index (χ0n) is 13.0. The van der Waals surface area contributed by atoms with Gasteiger partial charge in [0.05, 0.1) is 0 Å². The third-order valence-electron chi connectivity index (χ3n) is 4.57. The fourth-order valence-electron chi connectivity index (χ4n) is 3.63. The Morgan fingerprint density at radius 2 is 1.84 bits per heavy atom. The smallest absolute Gasteiger partial charge is 0.00224 e. The molecular weight excluding hydrogens is 234 g/mol. The highest BCUT2D eigenvalue weighted by Crippen LogP contribution is 2.18. The standard InChI is InChI=1S/C16H33N3/c1-3-7-17-11-16-6-10-19(14-16)13-15(2)12-18-8-4-5-9-18/h15-17H,3-14H2,1-2H3. The summed E-state index contributed by atoms with van der Waals surface area (Å²) in [5, 5.41) is 3.57. The van der Waals surface area contributed by atoms with Crippen molar-refractivity contribution >= 4 is 0 Å². The first-order valence-corrected chi connectivity index (χ1v) is 8.43. The lowest BCUT2D eigenvalue weighted by molar-refractivity contribution is 0.221. The van der Waals surface area contributed by atoms with Gasteiger partial charge in [0.1, 0.15) is 0 Å². The largest absolute Gasteiger partial charge is 0.316 e. The fourth-order valence-corrected chi connectivity index (χ4v) is 3.63. The molecule has 0 aromatic rings. The Labute approximate surface area is 119 Å². The van der Waals surface area contributed by atoms with Crippen LogP contribution in [-0.2, 0) is 0 Å². The molecule has 3 nitrogen and oxygen atoms in total. The second kappa shape index (κ2) is 8.23. The van der Waals surface area contributed by atoms with Crippen molar-refractivity contribution in [2.45, 2.75) is 39.5 Å². The summed E-state index contributed by atoms with van der Waals surface area (Å²) in [6.45, 7) is 15.0. The van der Waals surface area contributed by atoms with E-state index in [-0.39, 0.29) is 0 Å². The quantitative estimate of drug-likeness (QED) is 0.679. The molecular formula is C16H33N3. The van der Waals surface area contributed by atoms with Crippen LogP contribution in [0.5, 0.6) is 0 Å². The molecule has 0 aromatic carbocycles. The first-order chi connectivity index (χ1) is 9.28. The van der Waals surface area contributed by atoms with Gasteiger partial charge in [-0.2, -0.15) is 0 Å². The van der Waals surface area contributed by atoms with Crippen LogP contribution in [0.1, 0.15) is 39.5 Å². The van der Waals surface area contributed by atoms with Gasteiger partial charge in [-0.05, 0) is 70.2 Å². The van der Waals surface area contributed by atoms with E-state index in [4.69, 9.17) is 0 Å². The van der Waals surface area contributed by atoms with Crippen LogP contribution in [0.3, 0.4) is 0 Å². The summed E-state index contributed by atoms with van der Waals surface area (Å²) in [6.07, 6.45) is 5.49. The Morgan fingerprint density at radius 3 is 2.58 bits per heavy atom. The van der Waals surface area contributed by atoms with Gasteiger partial charge in [0.15, 0.2) is 0 Å². The summed E-state index contributed by atoms with van der Waals surface area (Å²) in [4.78, 5) is 5.35. The molecule has 2 rings (SSSR count). The lowest BCUT2D eigenvalue weighted by Gasteiger charge is -2.25. The van der Waals surface area contributed by atoms with Crippen LogP contribution in [0.4, 0.5) is 0 Å². The van der Waals surface area contributed by atoms with E-state index in [2.05, 4.69) is 29.0 Å². The average Bonchev–Trinajstić information content (AvgIpc) is 3.02. The van der Waals surface area contributed by atoms with Crippen LogP contribution in [0.15, 0.2) is 0 Å². The van der Waals surface area contributed by atoms with Gasteiger partial charge < -0.3 is 15.1 Å². The summed E-state index contributed by atoms with van der Waals surface area (Å²) < 4.78 is 0. The minimum atomic E-state index is 0.834. The molecule has 19 heavy (non-hydrogen) atoms. The first kappa shape index (κ1) is 15.3. The number of rotatable bonds is 8. The Morgan fingerprint density at radius 1 is 1.11 bits per heavy atom. The number of likely N-dealkylation sites (tertiary alicyclic amines) is 2. The van der Waals surface area contributed by atoms with Crippen molar-refractivity contribution in [2.24, 2.45) is 11.8 Å². The Kier molecular flexibility index (Phi) is 6.62. The molecule has 2 atom stereocenters. The number of hydrogen-bond donors (Lipinski definition) is 1. The first-order valence-electron chi connectivity index (χ1n) is 8.43. The lowest BCUT2D eigenvalue weighted by Crippen LogP contribution is -2.34. The van der Waals surface area contributed by atoms with Gasteiger partial charge in [-0.25, -0.2) is 0 Å². The van der Waals surface area contributed by atoms with Crippen molar-refractivity contribution in [1.82, 2.24) is 15.1 Å². The van der Waals surface area contributed by atoms with Gasteiger partial charge in [0, 0.05) is 19.6 Å². The molecule has 2 aliphatic rings. The molecule has 2 heterocycles. The van der Waals surface area contributed by atoms with Crippen LogP contribution < -0.4 is 5.32 Å². The van der Waals surface area contributed by atoms with Crippen molar-refractivity contribution in [3.05, 3.63) is 0 Å². The molecule has 2 aliphatic heterocycles. The number of hydrogen-bond acceptors (Lipinski definition) is 3. The second-order valence-corrected chi connectivity index (χ2v) is 6.73. The number of nitrogens with one attached hydrogen (secondary N) is 1. The number of nitrogens with zero attached hydrogens (tertiary/aromatic N) is 2. The third-order valence-corrected chi connectivity index (χ3v) is 4.57. The van der Waals surface area contributed by atoms with E-state index in [0.29, 0.717) is 0 Å². The van der Waals surface area contributed by atoms with Gasteiger partial charge in [-0.1, -0.05) is 13.8 Å². The Balaban J connectivity index is 1.58. The van der Waals surface area contributed by atoms with E-state index in [9.17, 15) is 0 Å². The predicted molar refractivity (Wildman–Crippen MR) is 82.5 cm³/mol. The summed E-state index contributed by atoms with van der Waals surface area (Å²) in [7, 11) is 0. The normalized spacial score (nSPS) is 27.2. The maximum absolute atomic E-state index is 3.57. The minimum Gasteiger partial charge on any atom is -0.316 e. The lowest BCUT2D eigenvalue weighted by atomic mass is 10.1. The van der Waals surface area contributed by atoms with Crippen molar-refractivity contribution in [1.29, 1.82) is 0 Å². The third kappa shape index (κ3) is 5.41. The van der Waals surface area contributed by atoms with Gasteiger partial charge in [0.25, 0.3) is 0 Å². The topological polar surface area (TPSA) is 18.5 Å². The van der Waals surface area contributed by atoms with Crippen LogP contribution >= 0.6 is 0 Å². The highest BCUT2D eigenvalue weighted by Gasteiger charge is 2.24. The van der Waals surface area contributed by atoms with Crippen molar-refractivity contribution in [3.63, 3.8) is 0 Å². The average molecular weight is 267 g/mol. The van der Waals surface area contributed by atoms with E-state index in [1.54, 1.807) is 0 Å².